The van der Waals surface area contributed by atoms with Crippen LogP contribution in [0.25, 0.3) is 11.5 Å². The van der Waals surface area contributed by atoms with Gasteiger partial charge in [0, 0.05) is 25.2 Å². The number of hydrogen-bond donors (Lipinski definition) is 1. The first kappa shape index (κ1) is 16.5. The van der Waals surface area contributed by atoms with E-state index in [1.807, 2.05) is 38.1 Å². The van der Waals surface area contributed by atoms with E-state index in [1.165, 1.54) is 0 Å². The van der Waals surface area contributed by atoms with E-state index in [2.05, 4.69) is 15.2 Å². The molecule has 1 atom stereocenters. The number of hydrogen-bond acceptors (Lipinski definition) is 5. The number of oxazole rings is 1. The number of amides is 1. The summed E-state index contributed by atoms with van der Waals surface area (Å²) in [5.74, 6) is 2.29. The maximum atomic E-state index is 12.0. The first-order chi connectivity index (χ1) is 11.6. The highest BCUT2D eigenvalue weighted by Gasteiger charge is 2.29. The van der Waals surface area contributed by atoms with Gasteiger partial charge in [0.1, 0.15) is 11.5 Å². The van der Waals surface area contributed by atoms with E-state index >= 15 is 0 Å². The van der Waals surface area contributed by atoms with Gasteiger partial charge in [-0.2, -0.15) is 0 Å². The van der Waals surface area contributed by atoms with Crippen LogP contribution in [0, 0.1) is 6.92 Å². The lowest BCUT2D eigenvalue weighted by Crippen LogP contribution is -2.54. The Hall–Kier alpha value is -2.34. The van der Waals surface area contributed by atoms with Crippen molar-refractivity contribution in [3.05, 3.63) is 35.7 Å². The lowest BCUT2D eigenvalue weighted by atomic mass is 10.1. The van der Waals surface area contributed by atoms with Gasteiger partial charge >= 0.3 is 0 Å². The molecule has 2 heterocycles. The second kappa shape index (κ2) is 7.05. The van der Waals surface area contributed by atoms with E-state index < -0.39 is 0 Å². The smallest absolute Gasteiger partial charge is 0.237 e. The fourth-order valence-electron chi connectivity index (χ4n) is 3.02. The number of aromatic nitrogens is 1. The minimum Gasteiger partial charge on any atom is -0.497 e. The number of rotatable bonds is 5. The summed E-state index contributed by atoms with van der Waals surface area (Å²) >= 11 is 0. The van der Waals surface area contributed by atoms with Crippen LogP contribution in [0.5, 0.6) is 5.75 Å². The Morgan fingerprint density at radius 3 is 2.79 bits per heavy atom. The van der Waals surface area contributed by atoms with Crippen LogP contribution >= 0.6 is 0 Å². The van der Waals surface area contributed by atoms with E-state index in [0.29, 0.717) is 19.0 Å². The first-order valence-corrected chi connectivity index (χ1v) is 8.25. The van der Waals surface area contributed by atoms with Crippen molar-refractivity contribution in [3.63, 3.8) is 0 Å². The van der Waals surface area contributed by atoms with Gasteiger partial charge in [0.15, 0.2) is 0 Å². The number of nitrogens with zero attached hydrogens (tertiary/aromatic N) is 2. The molecule has 6 nitrogen and oxygen atoms in total. The van der Waals surface area contributed by atoms with Crippen LogP contribution < -0.4 is 10.1 Å². The summed E-state index contributed by atoms with van der Waals surface area (Å²) in [7, 11) is 1.64. The highest BCUT2D eigenvalue weighted by molar-refractivity contribution is 5.82. The largest absolute Gasteiger partial charge is 0.497 e. The van der Waals surface area contributed by atoms with Crippen molar-refractivity contribution < 1.29 is 13.9 Å². The molecule has 3 rings (SSSR count). The minimum absolute atomic E-state index is 0.0975. The molecule has 1 amide bonds. The Morgan fingerprint density at radius 2 is 2.12 bits per heavy atom. The van der Waals surface area contributed by atoms with Crippen molar-refractivity contribution in [3.8, 4) is 17.2 Å². The molecular weight excluding hydrogens is 306 g/mol. The summed E-state index contributed by atoms with van der Waals surface area (Å²) in [6.45, 7) is 6.07. The molecule has 1 N–H and O–H groups in total. The molecule has 2 aromatic rings. The third-order valence-electron chi connectivity index (χ3n) is 4.41. The molecule has 0 spiro atoms. The number of ether oxygens (including phenoxy) is 1. The van der Waals surface area contributed by atoms with Gasteiger partial charge in [-0.1, -0.05) is 6.92 Å². The van der Waals surface area contributed by atoms with Gasteiger partial charge in [-0.3, -0.25) is 9.69 Å². The van der Waals surface area contributed by atoms with E-state index in [9.17, 15) is 4.79 Å². The van der Waals surface area contributed by atoms with E-state index in [-0.39, 0.29) is 11.9 Å². The maximum Gasteiger partial charge on any atom is 0.237 e. The standard InChI is InChI=1S/C18H23N3O3/c1-4-16-17(22)19-9-10-21(16)11-15-12(2)24-18(20-15)13-5-7-14(23-3)8-6-13/h5-8,16H,4,9-11H2,1-3H3,(H,19,22)/t16-/m1/s1. The third kappa shape index (κ3) is 3.28. The predicted molar refractivity (Wildman–Crippen MR) is 90.7 cm³/mol. The molecule has 0 aliphatic carbocycles. The highest BCUT2D eigenvalue weighted by atomic mass is 16.5. The van der Waals surface area contributed by atoms with Gasteiger partial charge in [0.2, 0.25) is 11.8 Å². The van der Waals surface area contributed by atoms with Crippen LogP contribution in [0.2, 0.25) is 0 Å². The van der Waals surface area contributed by atoms with Crippen LogP contribution in [-0.2, 0) is 11.3 Å². The molecule has 24 heavy (non-hydrogen) atoms. The van der Waals surface area contributed by atoms with Crippen molar-refractivity contribution in [2.45, 2.75) is 32.9 Å². The van der Waals surface area contributed by atoms with Crippen molar-refractivity contribution in [1.82, 2.24) is 15.2 Å². The summed E-state index contributed by atoms with van der Waals surface area (Å²) in [5, 5.41) is 2.92. The fourth-order valence-corrected chi connectivity index (χ4v) is 3.02. The second-order valence-electron chi connectivity index (χ2n) is 5.94. The van der Waals surface area contributed by atoms with Crippen molar-refractivity contribution in [2.24, 2.45) is 0 Å². The Kier molecular flexibility index (Phi) is 4.85. The molecule has 1 fully saturated rings. The summed E-state index contributed by atoms with van der Waals surface area (Å²) in [5.41, 5.74) is 1.79. The van der Waals surface area contributed by atoms with Crippen LogP contribution in [0.3, 0.4) is 0 Å². The number of benzene rings is 1. The number of carbonyl (C=O) groups excluding carboxylic acids is 1. The van der Waals surface area contributed by atoms with Gasteiger partial charge in [-0.25, -0.2) is 4.98 Å². The van der Waals surface area contributed by atoms with Crippen molar-refractivity contribution >= 4 is 5.91 Å². The quantitative estimate of drug-likeness (QED) is 0.912. The summed E-state index contributed by atoms with van der Waals surface area (Å²) in [6, 6.07) is 7.53. The molecule has 0 radical (unpaired) electrons. The van der Waals surface area contributed by atoms with Crippen LogP contribution in [0.1, 0.15) is 24.8 Å². The lowest BCUT2D eigenvalue weighted by molar-refractivity contribution is -0.129. The molecular formula is C18H23N3O3. The molecule has 1 aliphatic heterocycles. The first-order valence-electron chi connectivity index (χ1n) is 8.25. The van der Waals surface area contributed by atoms with Crippen LogP contribution in [0.4, 0.5) is 0 Å². The van der Waals surface area contributed by atoms with Crippen molar-refractivity contribution in [2.75, 3.05) is 20.2 Å². The summed E-state index contributed by atoms with van der Waals surface area (Å²) < 4.78 is 11.0. The molecule has 0 bridgehead atoms. The Labute approximate surface area is 141 Å². The average molecular weight is 329 g/mol. The van der Waals surface area contributed by atoms with E-state index in [4.69, 9.17) is 9.15 Å². The highest BCUT2D eigenvalue weighted by Crippen LogP contribution is 2.25. The lowest BCUT2D eigenvalue weighted by Gasteiger charge is -2.33. The maximum absolute atomic E-state index is 12.0. The molecule has 6 heteroatoms. The van der Waals surface area contributed by atoms with Gasteiger partial charge in [0.05, 0.1) is 18.8 Å². The van der Waals surface area contributed by atoms with Gasteiger partial charge < -0.3 is 14.5 Å². The molecule has 1 saturated heterocycles. The SMILES string of the molecule is CC[C@@H]1C(=O)NCCN1Cc1nc(-c2ccc(OC)cc2)oc1C. The molecule has 1 aromatic carbocycles. The summed E-state index contributed by atoms with van der Waals surface area (Å²) in [6.07, 6.45) is 0.786. The number of aryl methyl sites for hydroxylation is 1. The zero-order chi connectivity index (χ0) is 17.1. The third-order valence-corrected chi connectivity index (χ3v) is 4.41. The van der Waals surface area contributed by atoms with Gasteiger partial charge in [-0.15, -0.1) is 0 Å². The van der Waals surface area contributed by atoms with Crippen LogP contribution in [-0.4, -0.2) is 42.0 Å². The Morgan fingerprint density at radius 1 is 1.38 bits per heavy atom. The molecule has 1 aliphatic rings. The number of methoxy groups -OCH3 is 1. The van der Waals surface area contributed by atoms with Gasteiger partial charge in [-0.05, 0) is 37.6 Å². The second-order valence-corrected chi connectivity index (χ2v) is 5.94. The monoisotopic (exact) mass is 329 g/mol. The molecule has 0 unspecified atom stereocenters. The number of nitrogens with one attached hydrogen (secondary N) is 1. The summed E-state index contributed by atoms with van der Waals surface area (Å²) in [4.78, 5) is 18.8. The van der Waals surface area contributed by atoms with Crippen molar-refractivity contribution in [1.29, 1.82) is 0 Å². The van der Waals surface area contributed by atoms with E-state index in [1.54, 1.807) is 7.11 Å². The topological polar surface area (TPSA) is 67.6 Å². The average Bonchev–Trinajstić information content (AvgIpc) is 2.96. The van der Waals surface area contributed by atoms with Crippen LogP contribution in [0.15, 0.2) is 28.7 Å². The van der Waals surface area contributed by atoms with Gasteiger partial charge in [0.25, 0.3) is 0 Å². The predicted octanol–water partition coefficient (Wildman–Crippen LogP) is 2.37. The number of piperazine rings is 1. The zero-order valence-electron chi connectivity index (χ0n) is 14.3. The molecule has 128 valence electrons. The fraction of sp³-hybridized carbons (Fsp3) is 0.444. The van der Waals surface area contributed by atoms with E-state index in [0.717, 1.165) is 35.7 Å². The Bertz CT molecular complexity index is 709. The molecule has 0 saturated carbocycles. The Balaban J connectivity index is 1.79. The molecule has 1 aromatic heterocycles. The number of carbonyl (C=O) groups is 1. The minimum atomic E-state index is -0.0979. The zero-order valence-corrected chi connectivity index (χ0v) is 14.3. The normalized spacial score (nSPS) is 18.5.